The lowest BCUT2D eigenvalue weighted by Crippen LogP contribution is -2.36. The average Bonchev–Trinajstić information content (AvgIpc) is 3.27. The van der Waals surface area contributed by atoms with Crippen molar-refractivity contribution in [3.63, 3.8) is 0 Å². The van der Waals surface area contributed by atoms with Gasteiger partial charge in [0.15, 0.2) is 5.79 Å². The number of benzene rings is 2. The fraction of sp³-hybridized carbons (Fsp3) is 0.486. The average molecular weight is 624 g/mol. The number of rotatable bonds is 6. The minimum atomic E-state index is -0.829. The van der Waals surface area contributed by atoms with Crippen molar-refractivity contribution in [2.24, 2.45) is 0 Å². The summed E-state index contributed by atoms with van der Waals surface area (Å²) in [5, 5.41) is 2.71. The van der Waals surface area contributed by atoms with Gasteiger partial charge in [-0.25, -0.2) is 9.59 Å². The number of carbonyl (C=O) groups excluding carboxylic acids is 2. The number of ether oxygens (including phenoxy) is 7. The van der Waals surface area contributed by atoms with Crippen LogP contribution in [0.3, 0.4) is 0 Å². The molecule has 0 bridgehead atoms. The number of hydrogen-bond acceptors (Lipinski definition) is 9. The van der Waals surface area contributed by atoms with Gasteiger partial charge in [-0.05, 0) is 77.3 Å². The van der Waals surface area contributed by atoms with E-state index in [0.29, 0.717) is 30.8 Å². The molecule has 2 aromatic carbocycles. The second-order valence-corrected chi connectivity index (χ2v) is 12.5. The molecule has 45 heavy (non-hydrogen) atoms. The van der Waals surface area contributed by atoms with Gasteiger partial charge in [0, 0.05) is 12.5 Å². The van der Waals surface area contributed by atoms with Crippen molar-refractivity contribution in [3.8, 4) is 11.5 Å². The quantitative estimate of drug-likeness (QED) is 0.267. The molecular weight excluding hydrogens is 578 g/mol. The molecular formula is C35H45NO9. The standard InChI is InChI=1S/C35H45NO9/c1-22-11-9-13-28(41-21-23-15-17-25(39-7)18-16-23)31-29(43-35(5,6)44-31)14-10-12-24-19-26(40-8)20-27(30(24)32(37)42-22)36-33(38)45-34(2,3)4/h9-10,12-13,15-20,22,28-29,31H,11,14,21H2,1-8H3,(H,36,38)/t22-,28?,29-,31+/m0/s1. The van der Waals surface area contributed by atoms with E-state index in [1.165, 1.54) is 7.11 Å². The van der Waals surface area contributed by atoms with E-state index in [1.807, 2.05) is 63.3 Å². The van der Waals surface area contributed by atoms with Crippen LogP contribution in [0.25, 0.3) is 6.08 Å². The zero-order chi connectivity index (χ0) is 32.8. The fourth-order valence-electron chi connectivity index (χ4n) is 5.15. The van der Waals surface area contributed by atoms with Gasteiger partial charge in [-0.3, -0.25) is 5.32 Å². The van der Waals surface area contributed by atoms with Crippen LogP contribution in [-0.4, -0.2) is 62.1 Å². The number of anilines is 1. The third kappa shape index (κ3) is 9.56. The van der Waals surface area contributed by atoms with Crippen LogP contribution in [0.15, 0.2) is 54.6 Å². The van der Waals surface area contributed by atoms with E-state index in [1.54, 1.807) is 46.1 Å². The van der Waals surface area contributed by atoms with Gasteiger partial charge in [-0.2, -0.15) is 0 Å². The van der Waals surface area contributed by atoms with Gasteiger partial charge in [-0.15, -0.1) is 0 Å². The van der Waals surface area contributed by atoms with Crippen molar-refractivity contribution < 1.29 is 42.7 Å². The van der Waals surface area contributed by atoms with Gasteiger partial charge in [0.2, 0.25) is 0 Å². The molecule has 2 heterocycles. The first-order chi connectivity index (χ1) is 21.3. The molecule has 2 aliphatic rings. The summed E-state index contributed by atoms with van der Waals surface area (Å²) in [6, 6.07) is 11.0. The SMILES string of the molecule is COc1ccc(COC2C=CC[C@H](C)OC(=O)c3c(cc(OC)cc3NC(=O)OC(C)(C)C)C=CC[C@@H]3OC(C)(C)O[C@H]23)cc1. The molecule has 0 spiro atoms. The van der Waals surface area contributed by atoms with Crippen LogP contribution in [-0.2, 0) is 30.3 Å². The highest BCUT2D eigenvalue weighted by Gasteiger charge is 2.44. The molecule has 0 saturated carbocycles. The first kappa shape index (κ1) is 34.0. The number of carbonyl (C=O) groups is 2. The van der Waals surface area contributed by atoms with Crippen molar-refractivity contribution in [1.82, 2.24) is 0 Å². The zero-order valence-electron chi connectivity index (χ0n) is 27.4. The molecule has 0 aromatic heterocycles. The van der Waals surface area contributed by atoms with Gasteiger partial charge in [0.05, 0.1) is 38.2 Å². The molecule has 0 radical (unpaired) electrons. The maximum atomic E-state index is 13.6. The molecule has 4 rings (SSSR count). The summed E-state index contributed by atoms with van der Waals surface area (Å²) in [5.74, 6) is -0.202. The molecule has 4 atom stereocenters. The van der Waals surface area contributed by atoms with Crippen LogP contribution >= 0.6 is 0 Å². The third-order valence-corrected chi connectivity index (χ3v) is 7.13. The second kappa shape index (κ2) is 14.5. The molecule has 10 heteroatoms. The highest BCUT2D eigenvalue weighted by molar-refractivity contribution is 6.03. The fourth-order valence-corrected chi connectivity index (χ4v) is 5.15. The Labute approximate surface area is 265 Å². The smallest absolute Gasteiger partial charge is 0.412 e. The molecule has 1 saturated heterocycles. The van der Waals surface area contributed by atoms with Crippen LogP contribution in [0.4, 0.5) is 10.5 Å². The Balaban J connectivity index is 1.67. The Hall–Kier alpha value is -3.86. The second-order valence-electron chi connectivity index (χ2n) is 12.5. The molecule has 1 fully saturated rings. The van der Waals surface area contributed by atoms with Gasteiger partial charge in [-0.1, -0.05) is 36.4 Å². The Morgan fingerprint density at radius 1 is 1.00 bits per heavy atom. The summed E-state index contributed by atoms with van der Waals surface area (Å²) >= 11 is 0. The lowest BCUT2D eigenvalue weighted by molar-refractivity contribution is -0.156. The van der Waals surface area contributed by atoms with E-state index in [4.69, 9.17) is 33.2 Å². The summed E-state index contributed by atoms with van der Waals surface area (Å²) in [6.07, 6.45) is 6.08. The number of cyclic esters (lactones) is 1. The number of fused-ring (bicyclic) bond motifs is 2. The summed E-state index contributed by atoms with van der Waals surface area (Å²) in [4.78, 5) is 26.4. The molecule has 10 nitrogen and oxygen atoms in total. The molecule has 244 valence electrons. The number of amides is 1. The van der Waals surface area contributed by atoms with E-state index in [0.717, 1.165) is 11.3 Å². The van der Waals surface area contributed by atoms with Gasteiger partial charge in [0.25, 0.3) is 0 Å². The highest BCUT2D eigenvalue weighted by atomic mass is 16.8. The number of esters is 1. The summed E-state index contributed by atoms with van der Waals surface area (Å²) in [6.45, 7) is 11.2. The van der Waals surface area contributed by atoms with Crippen LogP contribution in [0, 0.1) is 0 Å². The van der Waals surface area contributed by atoms with Crippen molar-refractivity contribution in [3.05, 3.63) is 71.3 Å². The van der Waals surface area contributed by atoms with Crippen LogP contribution in [0.1, 0.15) is 75.9 Å². The van der Waals surface area contributed by atoms with Crippen LogP contribution in [0.2, 0.25) is 0 Å². The topological polar surface area (TPSA) is 111 Å². The molecule has 2 aromatic rings. The Kier molecular flexibility index (Phi) is 11.0. The predicted octanol–water partition coefficient (Wildman–Crippen LogP) is 7.06. The van der Waals surface area contributed by atoms with E-state index in [9.17, 15) is 9.59 Å². The zero-order valence-corrected chi connectivity index (χ0v) is 27.4. The molecule has 1 amide bonds. The van der Waals surface area contributed by atoms with E-state index in [2.05, 4.69) is 5.32 Å². The minimum Gasteiger partial charge on any atom is -0.497 e. The van der Waals surface area contributed by atoms with Crippen molar-refractivity contribution in [2.45, 2.75) is 96.8 Å². The first-order valence-electron chi connectivity index (χ1n) is 15.1. The summed E-state index contributed by atoms with van der Waals surface area (Å²) in [7, 11) is 3.15. The number of hydrogen-bond donors (Lipinski definition) is 1. The summed E-state index contributed by atoms with van der Waals surface area (Å²) < 4.78 is 41.2. The first-order valence-corrected chi connectivity index (χ1v) is 15.1. The van der Waals surface area contributed by atoms with Gasteiger partial charge in [0.1, 0.15) is 35.4 Å². The Morgan fingerprint density at radius 3 is 2.38 bits per heavy atom. The monoisotopic (exact) mass is 623 g/mol. The highest BCUT2D eigenvalue weighted by Crippen LogP contribution is 2.35. The maximum absolute atomic E-state index is 13.6. The van der Waals surface area contributed by atoms with E-state index < -0.39 is 41.8 Å². The van der Waals surface area contributed by atoms with Crippen LogP contribution < -0.4 is 14.8 Å². The van der Waals surface area contributed by atoms with Crippen molar-refractivity contribution >= 4 is 23.8 Å². The van der Waals surface area contributed by atoms with Crippen LogP contribution in [0.5, 0.6) is 11.5 Å². The van der Waals surface area contributed by atoms with E-state index >= 15 is 0 Å². The molecule has 2 aliphatic heterocycles. The maximum Gasteiger partial charge on any atom is 0.412 e. The molecule has 1 N–H and O–H groups in total. The normalized spacial score (nSPS) is 23.2. The molecule has 0 aliphatic carbocycles. The number of nitrogens with one attached hydrogen (secondary N) is 1. The molecule has 1 unspecified atom stereocenters. The minimum absolute atomic E-state index is 0.187. The predicted molar refractivity (Wildman–Crippen MR) is 171 cm³/mol. The van der Waals surface area contributed by atoms with Gasteiger partial charge >= 0.3 is 12.1 Å². The van der Waals surface area contributed by atoms with Crippen molar-refractivity contribution in [2.75, 3.05) is 19.5 Å². The largest absolute Gasteiger partial charge is 0.497 e. The lowest BCUT2D eigenvalue weighted by Gasteiger charge is -2.25. The van der Waals surface area contributed by atoms with E-state index in [-0.39, 0.29) is 17.4 Å². The Morgan fingerprint density at radius 2 is 1.71 bits per heavy atom. The Bertz CT molecular complexity index is 1390. The summed E-state index contributed by atoms with van der Waals surface area (Å²) in [5.41, 5.74) is 1.17. The number of methoxy groups -OCH3 is 2. The lowest BCUT2D eigenvalue weighted by atomic mass is 10.00. The van der Waals surface area contributed by atoms with Gasteiger partial charge < -0.3 is 33.2 Å². The third-order valence-electron chi connectivity index (χ3n) is 7.13. The van der Waals surface area contributed by atoms with Crippen molar-refractivity contribution in [1.29, 1.82) is 0 Å².